The Labute approximate surface area is 154 Å². The van der Waals surface area contributed by atoms with E-state index in [1.807, 2.05) is 6.07 Å². The minimum absolute atomic E-state index is 0.0609. The molecule has 140 valence electrons. The maximum atomic E-state index is 12.3. The molecule has 1 amide bonds. The lowest BCUT2D eigenvalue weighted by Crippen LogP contribution is -2.42. The topological polar surface area (TPSA) is 112 Å². The van der Waals surface area contributed by atoms with Crippen molar-refractivity contribution in [2.24, 2.45) is 5.10 Å². The summed E-state index contributed by atoms with van der Waals surface area (Å²) in [5.74, 6) is 0.723. The number of nitro benzene ring substituents is 1. The Morgan fingerprint density at radius 1 is 1.30 bits per heavy atom. The van der Waals surface area contributed by atoms with Gasteiger partial charge in [0.05, 0.1) is 17.7 Å². The smallest absolute Gasteiger partial charge is 0.311 e. The largest absolute Gasteiger partial charge is 0.490 e. The van der Waals surface area contributed by atoms with Crippen LogP contribution in [0, 0.1) is 10.1 Å². The van der Waals surface area contributed by atoms with Crippen LogP contribution in [0.3, 0.4) is 0 Å². The number of carbonyl (C=O) groups is 1. The third kappa shape index (κ3) is 3.97. The second-order valence-electron chi connectivity index (χ2n) is 5.68. The van der Waals surface area contributed by atoms with Gasteiger partial charge in [-0.05, 0) is 31.2 Å². The Kier molecular flexibility index (Phi) is 5.20. The normalized spacial score (nSPS) is 15.8. The van der Waals surface area contributed by atoms with E-state index in [9.17, 15) is 14.9 Å². The lowest BCUT2D eigenvalue weighted by atomic mass is 10.1. The molecule has 27 heavy (non-hydrogen) atoms. The number of nitrogens with zero attached hydrogens (tertiary/aromatic N) is 2. The molecule has 2 aromatic carbocycles. The van der Waals surface area contributed by atoms with E-state index < -0.39 is 16.9 Å². The van der Waals surface area contributed by atoms with E-state index in [0.29, 0.717) is 22.8 Å². The van der Waals surface area contributed by atoms with Gasteiger partial charge in [0.1, 0.15) is 6.61 Å². The first kappa shape index (κ1) is 18.2. The molecule has 0 radical (unpaired) electrons. The van der Waals surface area contributed by atoms with Gasteiger partial charge in [-0.1, -0.05) is 12.1 Å². The number of nitro groups is 1. The molecule has 1 unspecified atom stereocenters. The van der Waals surface area contributed by atoms with Gasteiger partial charge in [0.25, 0.3) is 5.91 Å². The number of nitrogens with one attached hydrogen (secondary N) is 1. The van der Waals surface area contributed by atoms with E-state index >= 15 is 0 Å². The number of rotatable bonds is 5. The molecular formula is C18H17N3O6. The zero-order valence-corrected chi connectivity index (χ0v) is 14.7. The predicted octanol–water partition coefficient (Wildman–Crippen LogP) is 2.28. The number of hydrogen-bond donors (Lipinski definition) is 1. The fourth-order valence-electron chi connectivity index (χ4n) is 2.48. The SMILES string of the molecule is COc1ccc(/C(C)=N/NC(=O)C2COc3ccccc3O2)cc1[N+](=O)[O-]. The van der Waals surface area contributed by atoms with Gasteiger partial charge in [-0.25, -0.2) is 5.43 Å². The third-order valence-electron chi connectivity index (χ3n) is 3.93. The predicted molar refractivity (Wildman–Crippen MR) is 96.4 cm³/mol. The number of amides is 1. The van der Waals surface area contributed by atoms with Gasteiger partial charge >= 0.3 is 5.69 Å². The minimum Gasteiger partial charge on any atom is -0.490 e. The van der Waals surface area contributed by atoms with Crippen LogP contribution in [-0.2, 0) is 4.79 Å². The number of carbonyl (C=O) groups excluding carboxylic acids is 1. The van der Waals surface area contributed by atoms with E-state index in [1.54, 1.807) is 31.2 Å². The molecule has 1 aliphatic rings. The van der Waals surface area contributed by atoms with Crippen LogP contribution in [0.4, 0.5) is 5.69 Å². The number of para-hydroxylation sites is 2. The van der Waals surface area contributed by atoms with Crippen molar-refractivity contribution in [3.63, 3.8) is 0 Å². The molecule has 2 aromatic rings. The molecule has 0 spiro atoms. The molecule has 1 N–H and O–H groups in total. The molecule has 0 aromatic heterocycles. The lowest BCUT2D eigenvalue weighted by molar-refractivity contribution is -0.385. The number of benzene rings is 2. The van der Waals surface area contributed by atoms with Crippen molar-refractivity contribution in [3.05, 3.63) is 58.1 Å². The van der Waals surface area contributed by atoms with Gasteiger partial charge in [0.2, 0.25) is 6.10 Å². The van der Waals surface area contributed by atoms with Crippen molar-refractivity contribution >= 4 is 17.3 Å². The summed E-state index contributed by atoms with van der Waals surface area (Å²) >= 11 is 0. The fraction of sp³-hybridized carbons (Fsp3) is 0.222. The standard InChI is InChI=1S/C18H17N3O6/c1-11(12-7-8-14(25-2)13(9-12)21(23)24)19-20-18(22)17-10-26-15-5-3-4-6-16(15)27-17/h3-9,17H,10H2,1-2H3,(H,20,22)/b19-11+. The summed E-state index contributed by atoms with van der Waals surface area (Å²) in [5.41, 5.74) is 3.09. The highest BCUT2D eigenvalue weighted by atomic mass is 16.6. The highest BCUT2D eigenvalue weighted by Gasteiger charge is 2.27. The van der Waals surface area contributed by atoms with E-state index in [0.717, 1.165) is 0 Å². The average molecular weight is 371 g/mol. The first-order valence-electron chi connectivity index (χ1n) is 8.05. The molecule has 0 aliphatic carbocycles. The van der Waals surface area contributed by atoms with Crippen molar-refractivity contribution in [1.82, 2.24) is 5.43 Å². The molecule has 9 heteroatoms. The summed E-state index contributed by atoms with van der Waals surface area (Å²) in [6.45, 7) is 1.69. The summed E-state index contributed by atoms with van der Waals surface area (Å²) in [7, 11) is 1.35. The summed E-state index contributed by atoms with van der Waals surface area (Å²) < 4.78 is 16.1. The molecule has 0 fully saturated rings. The van der Waals surface area contributed by atoms with Gasteiger partial charge in [0, 0.05) is 11.6 Å². The van der Waals surface area contributed by atoms with Crippen LogP contribution in [0.25, 0.3) is 0 Å². The van der Waals surface area contributed by atoms with Gasteiger partial charge in [0.15, 0.2) is 17.2 Å². The zero-order chi connectivity index (χ0) is 19.4. The molecule has 1 aliphatic heterocycles. The van der Waals surface area contributed by atoms with E-state index in [1.165, 1.54) is 19.2 Å². The maximum absolute atomic E-state index is 12.3. The average Bonchev–Trinajstić information content (AvgIpc) is 2.70. The number of hydrogen-bond acceptors (Lipinski definition) is 7. The second kappa shape index (κ2) is 7.73. The molecule has 1 atom stereocenters. The highest BCUT2D eigenvalue weighted by Crippen LogP contribution is 2.31. The van der Waals surface area contributed by atoms with Crippen molar-refractivity contribution in [2.45, 2.75) is 13.0 Å². The van der Waals surface area contributed by atoms with Crippen LogP contribution in [0.2, 0.25) is 0 Å². The quantitative estimate of drug-likeness (QED) is 0.490. The van der Waals surface area contributed by atoms with Gasteiger partial charge < -0.3 is 14.2 Å². The maximum Gasteiger partial charge on any atom is 0.311 e. The number of fused-ring (bicyclic) bond motifs is 1. The van der Waals surface area contributed by atoms with Crippen LogP contribution in [0.1, 0.15) is 12.5 Å². The van der Waals surface area contributed by atoms with Gasteiger partial charge in [-0.3, -0.25) is 14.9 Å². The zero-order valence-electron chi connectivity index (χ0n) is 14.7. The van der Waals surface area contributed by atoms with Crippen molar-refractivity contribution < 1.29 is 23.9 Å². The molecule has 1 heterocycles. The van der Waals surface area contributed by atoms with Gasteiger partial charge in [-0.2, -0.15) is 5.10 Å². The highest BCUT2D eigenvalue weighted by molar-refractivity contribution is 6.00. The number of methoxy groups -OCH3 is 1. The Balaban J connectivity index is 1.70. The van der Waals surface area contributed by atoms with Crippen molar-refractivity contribution in [3.8, 4) is 17.2 Å². The molecule has 3 rings (SSSR count). The summed E-state index contributed by atoms with van der Waals surface area (Å²) in [5, 5.41) is 15.1. The molecule has 0 saturated heterocycles. The summed E-state index contributed by atoms with van der Waals surface area (Å²) in [6.07, 6.45) is -0.846. The first-order valence-corrected chi connectivity index (χ1v) is 8.05. The van der Waals surface area contributed by atoms with Gasteiger partial charge in [-0.15, -0.1) is 0 Å². The van der Waals surface area contributed by atoms with E-state index in [4.69, 9.17) is 14.2 Å². The Hall–Kier alpha value is -3.62. The van der Waals surface area contributed by atoms with E-state index in [2.05, 4.69) is 10.5 Å². The van der Waals surface area contributed by atoms with Crippen LogP contribution < -0.4 is 19.6 Å². The Bertz CT molecular complexity index is 912. The van der Waals surface area contributed by atoms with E-state index in [-0.39, 0.29) is 18.0 Å². The van der Waals surface area contributed by atoms with Crippen LogP contribution in [0.5, 0.6) is 17.2 Å². The van der Waals surface area contributed by atoms with Crippen molar-refractivity contribution in [1.29, 1.82) is 0 Å². The lowest BCUT2D eigenvalue weighted by Gasteiger charge is -2.24. The fourth-order valence-corrected chi connectivity index (χ4v) is 2.48. The molecule has 0 bridgehead atoms. The molecule has 0 saturated carbocycles. The Morgan fingerprint density at radius 2 is 2.04 bits per heavy atom. The third-order valence-corrected chi connectivity index (χ3v) is 3.93. The summed E-state index contributed by atoms with van der Waals surface area (Å²) in [4.78, 5) is 22.8. The van der Waals surface area contributed by atoms with Crippen LogP contribution >= 0.6 is 0 Å². The molecular weight excluding hydrogens is 354 g/mol. The monoisotopic (exact) mass is 371 g/mol. The second-order valence-corrected chi connectivity index (χ2v) is 5.68. The Morgan fingerprint density at radius 3 is 2.74 bits per heavy atom. The van der Waals surface area contributed by atoms with Crippen molar-refractivity contribution in [2.75, 3.05) is 13.7 Å². The van der Waals surface area contributed by atoms with Crippen LogP contribution in [0.15, 0.2) is 47.6 Å². The molecule has 9 nitrogen and oxygen atoms in total. The van der Waals surface area contributed by atoms with Crippen LogP contribution in [-0.4, -0.2) is 36.4 Å². The minimum atomic E-state index is -0.846. The number of ether oxygens (including phenoxy) is 3. The summed E-state index contributed by atoms with van der Waals surface area (Å²) in [6, 6.07) is 11.5. The first-order chi connectivity index (χ1) is 13.0. The number of hydrazone groups is 1.